The highest BCUT2D eigenvalue weighted by atomic mass is 32.1. The first kappa shape index (κ1) is 11.4. The number of imidazole rings is 1. The summed E-state index contributed by atoms with van der Waals surface area (Å²) in [5, 5.41) is 1.13. The zero-order valence-electron chi connectivity index (χ0n) is 10.2. The van der Waals surface area contributed by atoms with E-state index in [0.717, 1.165) is 35.0 Å². The molecule has 2 heterocycles. The van der Waals surface area contributed by atoms with Gasteiger partial charge in [0.25, 0.3) is 4.74 Å². The van der Waals surface area contributed by atoms with Crippen LogP contribution in [0.15, 0.2) is 35.4 Å². The summed E-state index contributed by atoms with van der Waals surface area (Å²) in [6, 6.07) is 8.04. The van der Waals surface area contributed by atoms with Gasteiger partial charge in [-0.2, -0.15) is 0 Å². The molecule has 0 aliphatic heterocycles. The minimum absolute atomic E-state index is 0.0546. The Morgan fingerprint density at radius 2 is 2.17 bits per heavy atom. The molecule has 2 aromatic heterocycles. The van der Waals surface area contributed by atoms with Crippen LogP contribution in [-0.2, 0) is 6.54 Å². The Balaban J connectivity index is 2.36. The van der Waals surface area contributed by atoms with Crippen molar-refractivity contribution in [3.8, 4) is 0 Å². The number of rotatable bonds is 3. The molecule has 0 aliphatic rings. The van der Waals surface area contributed by atoms with E-state index in [1.165, 1.54) is 11.3 Å². The molecular weight excluding hydrogens is 244 g/mol. The Bertz CT molecular complexity index is 757. The maximum atomic E-state index is 12.0. The van der Waals surface area contributed by atoms with Gasteiger partial charge in [-0.25, -0.2) is 4.98 Å². The Labute approximate surface area is 109 Å². The molecular formula is C14H14N2OS. The van der Waals surface area contributed by atoms with E-state index in [1.807, 2.05) is 18.2 Å². The minimum Gasteiger partial charge on any atom is -0.330 e. The van der Waals surface area contributed by atoms with Crippen molar-refractivity contribution in [1.29, 1.82) is 0 Å². The van der Waals surface area contributed by atoms with Crippen LogP contribution in [0.3, 0.4) is 0 Å². The smallest absolute Gasteiger partial charge is 0.260 e. The summed E-state index contributed by atoms with van der Waals surface area (Å²) < 4.78 is 3.20. The molecule has 3 aromatic rings. The lowest BCUT2D eigenvalue weighted by Gasteiger charge is -2.04. The molecule has 0 amide bonds. The quantitative estimate of drug-likeness (QED) is 0.721. The molecule has 0 aliphatic carbocycles. The van der Waals surface area contributed by atoms with Crippen LogP contribution in [-0.4, -0.2) is 9.55 Å². The largest absolute Gasteiger partial charge is 0.330 e. The highest BCUT2D eigenvalue weighted by Crippen LogP contribution is 2.24. The summed E-state index contributed by atoms with van der Waals surface area (Å²) in [4.78, 5) is 16.3. The SMILES string of the molecule is CCCCn1cnc2c(=O)sc3ccccc3c21. The summed E-state index contributed by atoms with van der Waals surface area (Å²) in [6.07, 6.45) is 4.03. The van der Waals surface area contributed by atoms with Gasteiger partial charge in [-0.3, -0.25) is 4.79 Å². The molecule has 0 unspecified atom stereocenters. The van der Waals surface area contributed by atoms with Crippen LogP contribution in [0.5, 0.6) is 0 Å². The van der Waals surface area contributed by atoms with E-state index in [0.29, 0.717) is 5.52 Å². The summed E-state index contributed by atoms with van der Waals surface area (Å²) in [5.41, 5.74) is 1.60. The Morgan fingerprint density at radius 1 is 1.33 bits per heavy atom. The monoisotopic (exact) mass is 258 g/mol. The maximum Gasteiger partial charge on any atom is 0.260 e. The lowest BCUT2D eigenvalue weighted by molar-refractivity contribution is 0.646. The molecule has 0 N–H and O–H groups in total. The highest BCUT2D eigenvalue weighted by Gasteiger charge is 2.10. The van der Waals surface area contributed by atoms with Crippen molar-refractivity contribution in [1.82, 2.24) is 9.55 Å². The fourth-order valence-electron chi connectivity index (χ4n) is 2.21. The van der Waals surface area contributed by atoms with E-state index in [9.17, 15) is 4.79 Å². The number of aryl methyl sites for hydroxylation is 1. The Kier molecular flexibility index (Phi) is 2.88. The molecule has 0 saturated carbocycles. The van der Waals surface area contributed by atoms with Gasteiger partial charge in [0.1, 0.15) is 5.52 Å². The molecule has 3 nitrogen and oxygen atoms in total. The second kappa shape index (κ2) is 4.53. The van der Waals surface area contributed by atoms with Crippen LogP contribution in [0.1, 0.15) is 19.8 Å². The van der Waals surface area contributed by atoms with Crippen molar-refractivity contribution in [3.05, 3.63) is 40.1 Å². The molecule has 0 bridgehead atoms. The van der Waals surface area contributed by atoms with Crippen LogP contribution >= 0.6 is 11.3 Å². The summed E-state index contributed by atoms with van der Waals surface area (Å²) >= 11 is 1.28. The maximum absolute atomic E-state index is 12.0. The van der Waals surface area contributed by atoms with Crippen molar-refractivity contribution in [3.63, 3.8) is 0 Å². The normalized spacial score (nSPS) is 11.4. The first-order chi connectivity index (χ1) is 8.81. The minimum atomic E-state index is 0.0546. The Morgan fingerprint density at radius 3 is 3.00 bits per heavy atom. The predicted octanol–water partition coefficient (Wildman–Crippen LogP) is 3.41. The average molecular weight is 258 g/mol. The molecule has 4 heteroatoms. The lowest BCUT2D eigenvalue weighted by atomic mass is 10.2. The van der Waals surface area contributed by atoms with Gasteiger partial charge in [0.15, 0.2) is 0 Å². The molecule has 0 fully saturated rings. The molecule has 0 spiro atoms. The van der Waals surface area contributed by atoms with Crippen molar-refractivity contribution in [2.75, 3.05) is 0 Å². The van der Waals surface area contributed by atoms with Crippen LogP contribution in [0.2, 0.25) is 0 Å². The van der Waals surface area contributed by atoms with Crippen molar-refractivity contribution < 1.29 is 0 Å². The molecule has 92 valence electrons. The summed E-state index contributed by atoms with van der Waals surface area (Å²) in [5.74, 6) is 0. The van der Waals surface area contributed by atoms with Gasteiger partial charge in [0.2, 0.25) is 0 Å². The third-order valence-corrected chi connectivity index (χ3v) is 4.08. The van der Waals surface area contributed by atoms with Crippen LogP contribution in [0.25, 0.3) is 21.1 Å². The van der Waals surface area contributed by atoms with Crippen molar-refractivity contribution in [2.24, 2.45) is 0 Å². The number of nitrogens with zero attached hydrogens (tertiary/aromatic N) is 2. The topological polar surface area (TPSA) is 34.9 Å². The number of hydrogen-bond donors (Lipinski definition) is 0. The van der Waals surface area contributed by atoms with Crippen LogP contribution < -0.4 is 4.74 Å². The van der Waals surface area contributed by atoms with E-state index in [1.54, 1.807) is 6.33 Å². The lowest BCUT2D eigenvalue weighted by Crippen LogP contribution is -1.99. The van der Waals surface area contributed by atoms with Crippen LogP contribution in [0.4, 0.5) is 0 Å². The van der Waals surface area contributed by atoms with Gasteiger partial charge in [-0.05, 0) is 12.5 Å². The van der Waals surface area contributed by atoms with E-state index < -0.39 is 0 Å². The van der Waals surface area contributed by atoms with Gasteiger partial charge >= 0.3 is 0 Å². The molecule has 1 aromatic carbocycles. The van der Waals surface area contributed by atoms with E-state index in [2.05, 4.69) is 22.5 Å². The molecule has 0 atom stereocenters. The van der Waals surface area contributed by atoms with E-state index >= 15 is 0 Å². The van der Waals surface area contributed by atoms with Gasteiger partial charge in [-0.1, -0.05) is 42.9 Å². The molecule has 18 heavy (non-hydrogen) atoms. The summed E-state index contributed by atoms with van der Waals surface area (Å²) in [7, 11) is 0. The fraction of sp³-hybridized carbons (Fsp3) is 0.286. The van der Waals surface area contributed by atoms with Gasteiger partial charge in [0.05, 0.1) is 11.8 Å². The van der Waals surface area contributed by atoms with Crippen molar-refractivity contribution >= 4 is 32.5 Å². The second-order valence-corrected chi connectivity index (χ2v) is 5.39. The number of aromatic nitrogens is 2. The van der Waals surface area contributed by atoms with E-state index in [-0.39, 0.29) is 4.74 Å². The first-order valence-electron chi connectivity index (χ1n) is 6.18. The van der Waals surface area contributed by atoms with Gasteiger partial charge in [-0.15, -0.1) is 0 Å². The van der Waals surface area contributed by atoms with E-state index in [4.69, 9.17) is 0 Å². The summed E-state index contributed by atoms with van der Waals surface area (Å²) in [6.45, 7) is 3.09. The standard InChI is InChI=1S/C14H14N2OS/c1-2-3-8-16-9-15-12-13(16)10-6-4-5-7-11(10)18-14(12)17/h4-7,9H,2-3,8H2,1H3. The third kappa shape index (κ3) is 1.73. The number of hydrogen-bond acceptors (Lipinski definition) is 3. The van der Waals surface area contributed by atoms with Gasteiger partial charge < -0.3 is 4.57 Å². The highest BCUT2D eigenvalue weighted by molar-refractivity contribution is 7.16. The number of fused-ring (bicyclic) bond motifs is 3. The molecule has 0 radical (unpaired) electrons. The average Bonchev–Trinajstić information content (AvgIpc) is 2.81. The van der Waals surface area contributed by atoms with Crippen molar-refractivity contribution in [2.45, 2.75) is 26.3 Å². The number of unbranched alkanes of at least 4 members (excludes halogenated alkanes) is 1. The zero-order valence-corrected chi connectivity index (χ0v) is 11.0. The fourth-order valence-corrected chi connectivity index (χ4v) is 3.08. The molecule has 0 saturated heterocycles. The first-order valence-corrected chi connectivity index (χ1v) is 6.99. The number of benzene rings is 1. The zero-order chi connectivity index (χ0) is 12.5. The second-order valence-electron chi connectivity index (χ2n) is 4.37. The molecule has 3 rings (SSSR count). The third-order valence-electron chi connectivity index (χ3n) is 3.13. The van der Waals surface area contributed by atoms with Gasteiger partial charge in [0, 0.05) is 16.6 Å². The van der Waals surface area contributed by atoms with Crippen LogP contribution in [0, 0.1) is 0 Å². The predicted molar refractivity (Wildman–Crippen MR) is 76.3 cm³/mol. The Hall–Kier alpha value is -1.68.